The molecule has 1 rings (SSSR count). The third-order valence-corrected chi connectivity index (χ3v) is 2.31. The van der Waals surface area contributed by atoms with Crippen molar-refractivity contribution in [3.63, 3.8) is 0 Å². The Balaban J connectivity index is 2.51. The van der Waals surface area contributed by atoms with E-state index in [1.54, 1.807) is 0 Å². The fourth-order valence-electron chi connectivity index (χ4n) is 1.48. The molecule has 0 aromatic carbocycles. The van der Waals surface area contributed by atoms with Crippen LogP contribution in [0.1, 0.15) is 33.6 Å². The first-order valence-corrected chi connectivity index (χ1v) is 4.31. The standard InChI is InChI=1S/C9H16O2/c1-6(2)8-5-4-7(3)11-9(8)10/h6-8H,4-5H2,1-3H3/t7-,8+/m0/s1. The molecule has 0 aromatic heterocycles. The summed E-state index contributed by atoms with van der Waals surface area (Å²) in [4.78, 5) is 11.2. The quantitative estimate of drug-likeness (QED) is 0.543. The molecule has 0 radical (unpaired) electrons. The third kappa shape index (κ3) is 1.95. The molecule has 0 N–H and O–H groups in total. The highest BCUT2D eigenvalue weighted by atomic mass is 16.5. The minimum atomic E-state index is -0.00116. The highest BCUT2D eigenvalue weighted by molar-refractivity contribution is 5.73. The summed E-state index contributed by atoms with van der Waals surface area (Å²) in [5, 5.41) is 0. The van der Waals surface area contributed by atoms with E-state index in [9.17, 15) is 4.79 Å². The molecule has 0 spiro atoms. The highest BCUT2D eigenvalue weighted by Crippen LogP contribution is 2.25. The molecule has 0 aromatic rings. The first-order chi connectivity index (χ1) is 5.11. The van der Waals surface area contributed by atoms with E-state index in [0.717, 1.165) is 12.8 Å². The zero-order valence-corrected chi connectivity index (χ0v) is 7.46. The van der Waals surface area contributed by atoms with E-state index in [2.05, 4.69) is 13.8 Å². The monoisotopic (exact) mass is 156 g/mol. The third-order valence-electron chi connectivity index (χ3n) is 2.31. The van der Waals surface area contributed by atoms with E-state index in [1.807, 2.05) is 6.92 Å². The highest BCUT2D eigenvalue weighted by Gasteiger charge is 2.29. The van der Waals surface area contributed by atoms with Crippen LogP contribution in [0.4, 0.5) is 0 Å². The van der Waals surface area contributed by atoms with E-state index in [1.165, 1.54) is 0 Å². The molecule has 2 nitrogen and oxygen atoms in total. The van der Waals surface area contributed by atoms with Gasteiger partial charge < -0.3 is 4.74 Å². The maximum absolute atomic E-state index is 11.2. The molecule has 0 aliphatic carbocycles. The van der Waals surface area contributed by atoms with Gasteiger partial charge in [-0.2, -0.15) is 0 Å². The molecule has 1 fully saturated rings. The second-order valence-corrected chi connectivity index (χ2v) is 3.68. The van der Waals surface area contributed by atoms with Crippen molar-refractivity contribution >= 4 is 5.97 Å². The van der Waals surface area contributed by atoms with E-state index < -0.39 is 0 Å². The Morgan fingerprint density at radius 1 is 1.45 bits per heavy atom. The molecule has 1 aliphatic rings. The van der Waals surface area contributed by atoms with Crippen LogP contribution in [0.5, 0.6) is 0 Å². The SMILES string of the molecule is CC(C)[C@H]1CC[C@H](C)OC1=O. The fraction of sp³-hybridized carbons (Fsp3) is 0.889. The van der Waals surface area contributed by atoms with Crippen molar-refractivity contribution in [2.75, 3.05) is 0 Å². The predicted molar refractivity (Wildman–Crippen MR) is 43.1 cm³/mol. The van der Waals surface area contributed by atoms with Crippen LogP contribution in [-0.2, 0) is 9.53 Å². The molecule has 2 heteroatoms. The summed E-state index contributed by atoms with van der Waals surface area (Å²) in [7, 11) is 0. The number of cyclic esters (lactones) is 1. The van der Waals surface area contributed by atoms with Gasteiger partial charge in [0.2, 0.25) is 0 Å². The molecule has 11 heavy (non-hydrogen) atoms. The molecular formula is C9H16O2. The number of rotatable bonds is 1. The maximum atomic E-state index is 11.2. The second kappa shape index (κ2) is 3.24. The van der Waals surface area contributed by atoms with E-state index in [4.69, 9.17) is 4.74 Å². The Hall–Kier alpha value is -0.530. The summed E-state index contributed by atoms with van der Waals surface area (Å²) in [5.41, 5.74) is 0. The predicted octanol–water partition coefficient (Wildman–Crippen LogP) is 1.98. The molecular weight excluding hydrogens is 140 g/mol. The lowest BCUT2D eigenvalue weighted by atomic mass is 9.88. The minimum absolute atomic E-state index is 0.00116. The van der Waals surface area contributed by atoms with Gasteiger partial charge >= 0.3 is 5.97 Å². The van der Waals surface area contributed by atoms with Gasteiger partial charge in [0.05, 0.1) is 12.0 Å². The molecule has 1 saturated heterocycles. The fourth-order valence-corrected chi connectivity index (χ4v) is 1.48. The Morgan fingerprint density at radius 2 is 2.09 bits per heavy atom. The van der Waals surface area contributed by atoms with Crippen LogP contribution in [0.25, 0.3) is 0 Å². The second-order valence-electron chi connectivity index (χ2n) is 3.68. The van der Waals surface area contributed by atoms with E-state index in [-0.39, 0.29) is 18.0 Å². The van der Waals surface area contributed by atoms with E-state index >= 15 is 0 Å². The number of hydrogen-bond donors (Lipinski definition) is 0. The molecule has 2 atom stereocenters. The molecule has 1 aliphatic heterocycles. The summed E-state index contributed by atoms with van der Waals surface area (Å²) in [6.45, 7) is 6.10. The molecule has 0 amide bonds. The van der Waals surface area contributed by atoms with E-state index in [0.29, 0.717) is 5.92 Å². The van der Waals surface area contributed by atoms with Crippen LogP contribution in [-0.4, -0.2) is 12.1 Å². The topological polar surface area (TPSA) is 26.3 Å². The number of carbonyl (C=O) groups is 1. The Kier molecular flexibility index (Phi) is 2.53. The van der Waals surface area contributed by atoms with Gasteiger partial charge in [0.25, 0.3) is 0 Å². The Labute approximate surface area is 67.9 Å². The number of carbonyl (C=O) groups excluding carboxylic acids is 1. The lowest BCUT2D eigenvalue weighted by molar-refractivity contribution is -0.161. The van der Waals surface area contributed by atoms with Gasteiger partial charge in [-0.25, -0.2) is 0 Å². The Morgan fingerprint density at radius 3 is 2.55 bits per heavy atom. The number of ether oxygens (including phenoxy) is 1. The summed E-state index contributed by atoms with van der Waals surface area (Å²) >= 11 is 0. The van der Waals surface area contributed by atoms with Crippen LogP contribution in [0.2, 0.25) is 0 Å². The Bertz CT molecular complexity index is 152. The zero-order chi connectivity index (χ0) is 8.43. The molecule has 0 saturated carbocycles. The molecule has 64 valence electrons. The van der Waals surface area contributed by atoms with Crippen molar-refractivity contribution in [1.29, 1.82) is 0 Å². The number of esters is 1. The van der Waals surface area contributed by atoms with Crippen LogP contribution in [0.15, 0.2) is 0 Å². The van der Waals surface area contributed by atoms with Gasteiger partial charge in [0.1, 0.15) is 0 Å². The smallest absolute Gasteiger partial charge is 0.309 e. The maximum Gasteiger partial charge on any atom is 0.309 e. The van der Waals surface area contributed by atoms with Gasteiger partial charge in [-0.15, -0.1) is 0 Å². The van der Waals surface area contributed by atoms with Gasteiger partial charge in [0, 0.05) is 0 Å². The van der Waals surface area contributed by atoms with Crippen LogP contribution in [0.3, 0.4) is 0 Å². The van der Waals surface area contributed by atoms with Crippen molar-refractivity contribution in [2.45, 2.75) is 39.7 Å². The minimum Gasteiger partial charge on any atom is -0.462 e. The molecule has 0 bridgehead atoms. The average Bonchev–Trinajstić information content (AvgIpc) is 1.85. The van der Waals surface area contributed by atoms with Crippen LogP contribution >= 0.6 is 0 Å². The summed E-state index contributed by atoms with van der Waals surface area (Å²) in [6, 6.07) is 0. The van der Waals surface area contributed by atoms with Crippen molar-refractivity contribution in [3.8, 4) is 0 Å². The molecule has 1 heterocycles. The van der Waals surface area contributed by atoms with Crippen LogP contribution < -0.4 is 0 Å². The lowest BCUT2D eigenvalue weighted by Gasteiger charge is -2.27. The normalized spacial score (nSPS) is 32.2. The van der Waals surface area contributed by atoms with Gasteiger partial charge in [-0.05, 0) is 25.7 Å². The first-order valence-electron chi connectivity index (χ1n) is 4.31. The van der Waals surface area contributed by atoms with Gasteiger partial charge in [-0.1, -0.05) is 13.8 Å². The van der Waals surface area contributed by atoms with Crippen molar-refractivity contribution in [2.24, 2.45) is 11.8 Å². The average molecular weight is 156 g/mol. The first kappa shape index (κ1) is 8.57. The summed E-state index contributed by atoms with van der Waals surface area (Å²) < 4.78 is 5.12. The van der Waals surface area contributed by atoms with Crippen molar-refractivity contribution in [3.05, 3.63) is 0 Å². The van der Waals surface area contributed by atoms with Crippen LogP contribution in [0, 0.1) is 11.8 Å². The number of hydrogen-bond acceptors (Lipinski definition) is 2. The lowest BCUT2D eigenvalue weighted by Crippen LogP contribution is -2.32. The summed E-state index contributed by atoms with van der Waals surface area (Å²) in [5.74, 6) is 0.569. The largest absolute Gasteiger partial charge is 0.462 e. The molecule has 0 unspecified atom stereocenters. The summed E-state index contributed by atoms with van der Waals surface area (Å²) in [6.07, 6.45) is 2.16. The van der Waals surface area contributed by atoms with Crippen molar-refractivity contribution < 1.29 is 9.53 Å². The van der Waals surface area contributed by atoms with Gasteiger partial charge in [-0.3, -0.25) is 4.79 Å². The van der Waals surface area contributed by atoms with Crippen molar-refractivity contribution in [1.82, 2.24) is 0 Å². The zero-order valence-electron chi connectivity index (χ0n) is 7.46. The van der Waals surface area contributed by atoms with Gasteiger partial charge in [0.15, 0.2) is 0 Å².